The molecule has 0 unspecified atom stereocenters. The number of nitrogens with one attached hydrogen (secondary N) is 4. The Kier molecular flexibility index (Phi) is 7.32. The molecule has 2 aliphatic rings. The molecule has 4 rings (SSSR count). The highest BCUT2D eigenvalue weighted by molar-refractivity contribution is 9.10. The van der Waals surface area contributed by atoms with Crippen LogP contribution in [0.3, 0.4) is 0 Å². The maximum Gasteiger partial charge on any atom is 0.321 e. The number of rotatable bonds is 9. The number of amides is 3. The van der Waals surface area contributed by atoms with E-state index in [9.17, 15) is 9.59 Å². The van der Waals surface area contributed by atoms with Crippen molar-refractivity contribution in [2.75, 3.05) is 42.1 Å². The molecule has 33 heavy (non-hydrogen) atoms. The number of hydrogen-bond acceptors (Lipinski definition) is 6. The Morgan fingerprint density at radius 2 is 1.91 bits per heavy atom. The van der Waals surface area contributed by atoms with Crippen LogP contribution in [0.25, 0.3) is 0 Å². The van der Waals surface area contributed by atoms with Gasteiger partial charge in [-0.1, -0.05) is 13.0 Å². The van der Waals surface area contributed by atoms with Gasteiger partial charge in [-0.15, -0.1) is 0 Å². The summed E-state index contributed by atoms with van der Waals surface area (Å²) in [6.07, 6.45) is 6.55. The Bertz CT molecular complexity index is 1010. The lowest BCUT2D eigenvalue weighted by atomic mass is 10.1. The molecule has 1 aromatic heterocycles. The molecule has 1 saturated carbocycles. The molecule has 0 spiro atoms. The Balaban J connectivity index is 1.28. The van der Waals surface area contributed by atoms with Crippen LogP contribution < -0.4 is 21.3 Å². The molecule has 4 N–H and O–H groups in total. The fraction of sp³-hybridized carbons (Fsp3) is 0.478. The molecule has 0 atom stereocenters. The number of carbonyl (C=O) groups is 2. The first kappa shape index (κ1) is 23.3. The zero-order valence-corrected chi connectivity index (χ0v) is 20.4. The first-order valence-corrected chi connectivity index (χ1v) is 12.2. The van der Waals surface area contributed by atoms with E-state index in [2.05, 4.69) is 47.2 Å². The van der Waals surface area contributed by atoms with E-state index in [1.165, 1.54) is 0 Å². The number of likely N-dealkylation sites (tertiary alicyclic amines) is 1. The largest absolute Gasteiger partial charge is 0.369 e. The Labute approximate surface area is 202 Å². The van der Waals surface area contributed by atoms with Crippen LogP contribution in [0.5, 0.6) is 0 Å². The molecule has 1 aliphatic carbocycles. The minimum atomic E-state index is -0.141. The van der Waals surface area contributed by atoms with Gasteiger partial charge in [0.2, 0.25) is 11.9 Å². The van der Waals surface area contributed by atoms with Crippen molar-refractivity contribution in [3.63, 3.8) is 0 Å². The van der Waals surface area contributed by atoms with Crippen LogP contribution in [-0.4, -0.2) is 53.0 Å². The normalized spacial score (nSPS) is 16.2. The summed E-state index contributed by atoms with van der Waals surface area (Å²) in [5.41, 5.74) is 1.35. The van der Waals surface area contributed by atoms with Gasteiger partial charge in [0.15, 0.2) is 0 Å². The van der Waals surface area contributed by atoms with Gasteiger partial charge in [-0.05, 0) is 66.2 Å². The summed E-state index contributed by atoms with van der Waals surface area (Å²) in [5.74, 6) is 1.27. The van der Waals surface area contributed by atoms with Crippen molar-refractivity contribution in [2.45, 2.75) is 39.0 Å². The highest BCUT2D eigenvalue weighted by atomic mass is 79.9. The number of aromatic nitrogens is 2. The van der Waals surface area contributed by atoms with Gasteiger partial charge in [0.05, 0.1) is 4.47 Å². The first-order chi connectivity index (χ1) is 15.9. The maximum atomic E-state index is 12.3. The lowest BCUT2D eigenvalue weighted by Gasteiger charge is -2.16. The van der Waals surface area contributed by atoms with Crippen molar-refractivity contribution in [2.24, 2.45) is 5.41 Å². The highest BCUT2D eigenvalue weighted by Gasteiger charge is 2.44. The van der Waals surface area contributed by atoms with E-state index >= 15 is 0 Å². The fourth-order valence-corrected chi connectivity index (χ4v) is 3.93. The zero-order chi connectivity index (χ0) is 23.3. The summed E-state index contributed by atoms with van der Waals surface area (Å²) in [4.78, 5) is 35.0. The number of urea groups is 1. The number of carbonyl (C=O) groups excluding carboxylic acids is 2. The highest BCUT2D eigenvalue weighted by Crippen LogP contribution is 2.44. The van der Waals surface area contributed by atoms with Crippen LogP contribution in [0, 0.1) is 5.41 Å². The summed E-state index contributed by atoms with van der Waals surface area (Å²) >= 11 is 3.48. The molecular formula is C23H30BrN7O2. The number of anilines is 4. The number of hydrogen-bond donors (Lipinski definition) is 4. The molecule has 9 nitrogen and oxygen atoms in total. The summed E-state index contributed by atoms with van der Waals surface area (Å²) in [6.45, 7) is 4.91. The number of halogens is 1. The predicted octanol–water partition coefficient (Wildman–Crippen LogP) is 4.33. The zero-order valence-electron chi connectivity index (χ0n) is 18.8. The maximum absolute atomic E-state index is 12.3. The third kappa shape index (κ3) is 6.34. The molecule has 3 amide bonds. The second kappa shape index (κ2) is 10.4. The second-order valence-corrected chi connectivity index (χ2v) is 9.67. The standard InChI is InChI=1S/C23H30BrN7O2/c1-23(8-9-23)20(32)26-11-5-10-25-19-18(24)15-27-21(30-19)28-16-6-4-7-17(14-16)29-22(33)31-12-2-3-13-31/h4,6-7,14-15H,2-3,5,8-13H2,1H3,(H,26,32)(H,29,33)(H2,25,27,28,30). The summed E-state index contributed by atoms with van der Waals surface area (Å²) in [6, 6.07) is 7.41. The Morgan fingerprint density at radius 3 is 2.67 bits per heavy atom. The Morgan fingerprint density at radius 1 is 1.15 bits per heavy atom. The van der Waals surface area contributed by atoms with Gasteiger partial charge in [-0.25, -0.2) is 9.78 Å². The first-order valence-electron chi connectivity index (χ1n) is 11.4. The fourth-order valence-electron chi connectivity index (χ4n) is 3.60. The monoisotopic (exact) mass is 515 g/mol. The molecule has 0 radical (unpaired) electrons. The van der Waals surface area contributed by atoms with Gasteiger partial charge in [0.25, 0.3) is 0 Å². The van der Waals surface area contributed by atoms with Crippen LogP contribution >= 0.6 is 15.9 Å². The van der Waals surface area contributed by atoms with E-state index in [-0.39, 0.29) is 17.4 Å². The van der Waals surface area contributed by atoms with Gasteiger partial charge in [0, 0.05) is 49.2 Å². The molecule has 0 bridgehead atoms. The molecule has 1 aromatic carbocycles. The van der Waals surface area contributed by atoms with Crippen molar-refractivity contribution in [3.8, 4) is 0 Å². The van der Waals surface area contributed by atoms with Gasteiger partial charge in [-0.3, -0.25) is 4.79 Å². The summed E-state index contributed by atoms with van der Waals surface area (Å²) in [7, 11) is 0. The van der Waals surface area contributed by atoms with Crippen molar-refractivity contribution >= 4 is 51.0 Å². The molecular weight excluding hydrogens is 486 g/mol. The lowest BCUT2D eigenvalue weighted by molar-refractivity contribution is -0.125. The second-order valence-electron chi connectivity index (χ2n) is 8.82. The molecule has 1 aliphatic heterocycles. The van der Waals surface area contributed by atoms with Gasteiger partial charge >= 0.3 is 6.03 Å². The quantitative estimate of drug-likeness (QED) is 0.370. The van der Waals surface area contributed by atoms with Gasteiger partial charge in [0.1, 0.15) is 5.82 Å². The summed E-state index contributed by atoms with van der Waals surface area (Å²) in [5, 5.41) is 12.4. The summed E-state index contributed by atoms with van der Waals surface area (Å²) < 4.78 is 0.759. The SMILES string of the molecule is CC1(C(=O)NCCCNc2nc(Nc3cccc(NC(=O)N4CCCC4)c3)ncc2Br)CC1. The van der Waals surface area contributed by atoms with Crippen LogP contribution in [-0.2, 0) is 4.79 Å². The minimum Gasteiger partial charge on any atom is -0.369 e. The topological polar surface area (TPSA) is 111 Å². The minimum absolute atomic E-state index is 0.0709. The van der Waals surface area contributed by atoms with Crippen LogP contribution in [0.4, 0.5) is 27.9 Å². The molecule has 1 saturated heterocycles. The van der Waals surface area contributed by atoms with E-state index in [0.717, 1.165) is 61.0 Å². The number of benzene rings is 1. The Hall–Kier alpha value is -2.88. The van der Waals surface area contributed by atoms with Crippen molar-refractivity contribution < 1.29 is 9.59 Å². The van der Waals surface area contributed by atoms with Crippen LogP contribution in [0.15, 0.2) is 34.9 Å². The smallest absolute Gasteiger partial charge is 0.321 e. The molecule has 2 aromatic rings. The van der Waals surface area contributed by atoms with E-state index in [1.807, 2.05) is 36.1 Å². The van der Waals surface area contributed by atoms with Crippen molar-refractivity contribution in [3.05, 3.63) is 34.9 Å². The molecule has 10 heteroatoms. The lowest BCUT2D eigenvalue weighted by Crippen LogP contribution is -2.32. The van der Waals surface area contributed by atoms with Crippen molar-refractivity contribution in [1.29, 1.82) is 0 Å². The third-order valence-corrected chi connectivity index (χ3v) is 6.57. The van der Waals surface area contributed by atoms with Gasteiger partial charge < -0.3 is 26.2 Å². The van der Waals surface area contributed by atoms with Gasteiger partial charge in [-0.2, -0.15) is 4.98 Å². The number of nitrogens with zero attached hydrogens (tertiary/aromatic N) is 3. The van der Waals surface area contributed by atoms with Crippen molar-refractivity contribution in [1.82, 2.24) is 20.2 Å². The molecule has 176 valence electrons. The third-order valence-electron chi connectivity index (χ3n) is 5.99. The average molecular weight is 516 g/mol. The predicted molar refractivity (Wildman–Crippen MR) is 133 cm³/mol. The molecule has 2 heterocycles. The van der Waals surface area contributed by atoms with Crippen LogP contribution in [0.2, 0.25) is 0 Å². The molecule has 2 fully saturated rings. The van der Waals surface area contributed by atoms with E-state index < -0.39 is 0 Å². The van der Waals surface area contributed by atoms with E-state index in [1.54, 1.807) is 6.20 Å². The van der Waals surface area contributed by atoms with Crippen LogP contribution in [0.1, 0.15) is 39.0 Å². The van der Waals surface area contributed by atoms with E-state index in [0.29, 0.717) is 24.9 Å². The average Bonchev–Trinajstić information content (AvgIpc) is 3.32. The van der Waals surface area contributed by atoms with E-state index in [4.69, 9.17) is 0 Å².